The first-order chi connectivity index (χ1) is 9.95. The van der Waals surface area contributed by atoms with E-state index in [-0.39, 0.29) is 11.5 Å². The molecule has 5 nitrogen and oxygen atoms in total. The van der Waals surface area contributed by atoms with Gasteiger partial charge in [0.15, 0.2) is 5.78 Å². The number of rotatable bonds is 6. The summed E-state index contributed by atoms with van der Waals surface area (Å²) in [4.78, 5) is 37.1. The highest BCUT2D eigenvalue weighted by Crippen LogP contribution is 2.16. The number of benzene rings is 1. The second kappa shape index (κ2) is 6.36. The Morgan fingerprint density at radius 1 is 1.19 bits per heavy atom. The third-order valence-corrected chi connectivity index (χ3v) is 3.51. The lowest BCUT2D eigenvalue weighted by molar-refractivity contribution is -0.148. The Morgan fingerprint density at radius 3 is 2.48 bits per heavy atom. The molecule has 0 bridgehead atoms. The number of thiazole rings is 1. The predicted octanol–water partition coefficient (Wildman–Crippen LogP) is 2.10. The van der Waals surface area contributed by atoms with Gasteiger partial charge in [0.05, 0.1) is 11.4 Å². The van der Waals surface area contributed by atoms with Crippen LogP contribution in [0, 0.1) is 5.82 Å². The minimum absolute atomic E-state index is 0.0757. The lowest BCUT2D eigenvalue weighted by Crippen LogP contribution is -2.17. The van der Waals surface area contributed by atoms with Crippen LogP contribution in [0.25, 0.3) is 0 Å². The number of carbonyl (C=O) groups excluding carboxylic acids is 2. The maximum absolute atomic E-state index is 12.8. The molecule has 2 rings (SSSR count). The first-order valence-corrected chi connectivity index (χ1v) is 6.82. The maximum Gasteiger partial charge on any atom is 0.372 e. The number of aliphatic carboxylic acids is 1. The molecule has 0 atom stereocenters. The van der Waals surface area contributed by atoms with Crippen LogP contribution in [0.5, 0.6) is 0 Å². The quantitative estimate of drug-likeness (QED) is 0.502. The molecule has 0 saturated heterocycles. The van der Waals surface area contributed by atoms with E-state index in [1.165, 1.54) is 28.8 Å². The number of carboxylic acids is 1. The van der Waals surface area contributed by atoms with Crippen molar-refractivity contribution in [2.45, 2.75) is 12.8 Å². The number of hydrogen-bond donors (Lipinski definition) is 1. The minimum atomic E-state index is -1.63. The van der Waals surface area contributed by atoms with E-state index in [0.717, 1.165) is 5.56 Å². The van der Waals surface area contributed by atoms with Crippen LogP contribution >= 0.6 is 11.3 Å². The molecule has 0 radical (unpaired) electrons. The van der Waals surface area contributed by atoms with Crippen molar-refractivity contribution in [2.24, 2.45) is 0 Å². The molecule has 0 aliphatic heterocycles. The molecular weight excluding hydrogens is 297 g/mol. The summed E-state index contributed by atoms with van der Waals surface area (Å²) < 4.78 is 12.8. The number of Topliss-reactive ketones (excluding diaryl/α,β-unsaturated/α-hetero) is 2. The highest BCUT2D eigenvalue weighted by atomic mass is 32.1. The average molecular weight is 307 g/mol. The van der Waals surface area contributed by atoms with Crippen LogP contribution in [-0.4, -0.2) is 27.6 Å². The van der Waals surface area contributed by atoms with Gasteiger partial charge >= 0.3 is 5.97 Å². The third kappa shape index (κ3) is 4.03. The Balaban J connectivity index is 2.04. The van der Waals surface area contributed by atoms with E-state index < -0.39 is 24.0 Å². The van der Waals surface area contributed by atoms with E-state index in [4.69, 9.17) is 5.11 Å². The predicted molar refractivity (Wildman–Crippen MR) is 72.9 cm³/mol. The third-order valence-electron chi connectivity index (χ3n) is 2.67. The van der Waals surface area contributed by atoms with Crippen molar-refractivity contribution in [1.29, 1.82) is 0 Å². The van der Waals surface area contributed by atoms with Crippen molar-refractivity contribution < 1.29 is 23.9 Å². The monoisotopic (exact) mass is 307 g/mol. The molecule has 0 saturated carbocycles. The first-order valence-electron chi connectivity index (χ1n) is 5.94. The van der Waals surface area contributed by atoms with E-state index in [2.05, 4.69) is 4.98 Å². The number of nitrogens with zero attached hydrogens (tertiary/aromatic N) is 1. The van der Waals surface area contributed by atoms with Crippen LogP contribution in [0.4, 0.5) is 4.39 Å². The fourth-order valence-electron chi connectivity index (χ4n) is 1.61. The second-order valence-electron chi connectivity index (χ2n) is 4.26. The molecule has 0 unspecified atom stereocenters. The number of halogens is 1. The molecule has 0 aliphatic carbocycles. The fourth-order valence-corrected chi connectivity index (χ4v) is 2.44. The van der Waals surface area contributed by atoms with Gasteiger partial charge in [0.1, 0.15) is 11.5 Å². The van der Waals surface area contributed by atoms with E-state index in [1.807, 2.05) is 0 Å². The van der Waals surface area contributed by atoms with Gasteiger partial charge in [0.25, 0.3) is 0 Å². The van der Waals surface area contributed by atoms with Gasteiger partial charge in [-0.3, -0.25) is 9.59 Å². The van der Waals surface area contributed by atoms with Crippen LogP contribution < -0.4 is 0 Å². The van der Waals surface area contributed by atoms with Crippen molar-refractivity contribution in [3.63, 3.8) is 0 Å². The molecule has 0 aliphatic rings. The van der Waals surface area contributed by atoms with Gasteiger partial charge in [-0.05, 0) is 17.7 Å². The van der Waals surface area contributed by atoms with Crippen molar-refractivity contribution in [3.05, 3.63) is 51.7 Å². The van der Waals surface area contributed by atoms with Gasteiger partial charge in [0, 0.05) is 11.8 Å². The molecule has 2 aromatic rings. The molecule has 7 heteroatoms. The molecule has 0 spiro atoms. The number of carboxylic acid groups (broad SMARTS) is 1. The molecule has 108 valence electrons. The Kier molecular flexibility index (Phi) is 4.54. The SMILES string of the molecule is O=C(O)C(=O)CC(=O)c1csc(Cc2ccc(F)cc2)n1. The first kappa shape index (κ1) is 15.0. The molecule has 1 N–H and O–H groups in total. The topological polar surface area (TPSA) is 84.3 Å². The standard InChI is InChI=1S/C14H10FNO4S/c15-9-3-1-8(2-4-9)5-13-16-10(7-21-13)11(17)6-12(18)14(19)20/h1-4,7H,5-6H2,(H,19,20). The lowest BCUT2D eigenvalue weighted by Gasteiger charge is -1.97. The minimum Gasteiger partial charge on any atom is -0.475 e. The summed E-state index contributed by atoms with van der Waals surface area (Å²) >= 11 is 1.23. The van der Waals surface area contributed by atoms with Crippen LogP contribution in [0.15, 0.2) is 29.6 Å². The largest absolute Gasteiger partial charge is 0.475 e. The molecule has 0 fully saturated rings. The average Bonchev–Trinajstić information content (AvgIpc) is 2.90. The summed E-state index contributed by atoms with van der Waals surface area (Å²) in [6.07, 6.45) is -0.264. The zero-order valence-electron chi connectivity index (χ0n) is 10.7. The van der Waals surface area contributed by atoms with Gasteiger partial charge in [0.2, 0.25) is 5.78 Å². The number of aromatic nitrogens is 1. The van der Waals surface area contributed by atoms with Crippen molar-refractivity contribution in [1.82, 2.24) is 4.98 Å². The molecule has 1 aromatic carbocycles. The smallest absolute Gasteiger partial charge is 0.372 e. The maximum atomic E-state index is 12.8. The summed E-state index contributed by atoms with van der Waals surface area (Å²) in [5.41, 5.74) is 0.915. The zero-order chi connectivity index (χ0) is 15.4. The van der Waals surface area contributed by atoms with Crippen LogP contribution in [0.3, 0.4) is 0 Å². The van der Waals surface area contributed by atoms with Gasteiger partial charge in [-0.25, -0.2) is 14.2 Å². The highest BCUT2D eigenvalue weighted by Gasteiger charge is 2.19. The molecule has 1 heterocycles. The number of carbonyl (C=O) groups is 3. The van der Waals surface area contributed by atoms with Crippen LogP contribution in [0.2, 0.25) is 0 Å². The summed E-state index contributed by atoms with van der Waals surface area (Å²) in [6.45, 7) is 0. The Labute approximate surface area is 123 Å². The fraction of sp³-hybridized carbons (Fsp3) is 0.143. The summed E-state index contributed by atoms with van der Waals surface area (Å²) in [5, 5.41) is 10.6. The normalized spacial score (nSPS) is 10.3. The second-order valence-corrected chi connectivity index (χ2v) is 5.20. The van der Waals surface area contributed by atoms with Gasteiger partial charge < -0.3 is 5.11 Å². The molecule has 1 aromatic heterocycles. The van der Waals surface area contributed by atoms with Gasteiger partial charge in [-0.2, -0.15) is 0 Å². The van der Waals surface area contributed by atoms with Gasteiger partial charge in [-0.1, -0.05) is 12.1 Å². The van der Waals surface area contributed by atoms with E-state index in [0.29, 0.717) is 11.4 Å². The van der Waals surface area contributed by atoms with Crippen molar-refractivity contribution in [3.8, 4) is 0 Å². The van der Waals surface area contributed by atoms with Crippen molar-refractivity contribution >= 4 is 28.9 Å². The molecular formula is C14H10FNO4S. The summed E-state index contributed by atoms with van der Waals surface area (Å²) in [5.74, 6) is -3.75. The number of hydrogen-bond acceptors (Lipinski definition) is 5. The number of ketones is 2. The van der Waals surface area contributed by atoms with E-state index >= 15 is 0 Å². The van der Waals surface area contributed by atoms with Crippen LogP contribution in [-0.2, 0) is 16.0 Å². The lowest BCUT2D eigenvalue weighted by atomic mass is 10.1. The Hall–Kier alpha value is -2.41. The van der Waals surface area contributed by atoms with Crippen molar-refractivity contribution in [2.75, 3.05) is 0 Å². The summed E-state index contributed by atoms with van der Waals surface area (Å²) in [7, 11) is 0. The zero-order valence-corrected chi connectivity index (χ0v) is 11.5. The molecule has 0 amide bonds. The van der Waals surface area contributed by atoms with Gasteiger partial charge in [-0.15, -0.1) is 11.3 Å². The van der Waals surface area contributed by atoms with Crippen LogP contribution in [0.1, 0.15) is 27.5 Å². The Bertz CT molecular complexity index is 693. The highest BCUT2D eigenvalue weighted by molar-refractivity contribution is 7.09. The molecule has 21 heavy (non-hydrogen) atoms. The van der Waals surface area contributed by atoms with E-state index in [1.54, 1.807) is 12.1 Å². The Morgan fingerprint density at radius 2 is 1.86 bits per heavy atom. The summed E-state index contributed by atoms with van der Waals surface area (Å²) in [6, 6.07) is 5.90. The van der Waals surface area contributed by atoms with E-state index in [9.17, 15) is 18.8 Å².